The van der Waals surface area contributed by atoms with Crippen molar-refractivity contribution >= 4 is 0 Å². The molecular formula is C13H25N3O. The summed E-state index contributed by atoms with van der Waals surface area (Å²) in [4.78, 5) is 0. The van der Waals surface area contributed by atoms with Gasteiger partial charge in [0.05, 0.1) is 17.3 Å². The summed E-state index contributed by atoms with van der Waals surface area (Å²) in [5, 5.41) is 7.64. The summed E-state index contributed by atoms with van der Waals surface area (Å²) in [6.45, 7) is 7.15. The van der Waals surface area contributed by atoms with E-state index in [1.807, 2.05) is 25.0 Å². The molecule has 1 N–H and O–H groups in total. The van der Waals surface area contributed by atoms with E-state index in [-0.39, 0.29) is 11.6 Å². The lowest BCUT2D eigenvalue weighted by Gasteiger charge is -2.39. The van der Waals surface area contributed by atoms with Crippen molar-refractivity contribution in [1.82, 2.24) is 15.1 Å². The average molecular weight is 239 g/mol. The van der Waals surface area contributed by atoms with Crippen LogP contribution in [0.1, 0.15) is 45.3 Å². The van der Waals surface area contributed by atoms with Gasteiger partial charge >= 0.3 is 0 Å². The lowest BCUT2D eigenvalue weighted by Crippen LogP contribution is -2.45. The van der Waals surface area contributed by atoms with E-state index in [0.717, 1.165) is 19.4 Å². The number of aromatic nitrogens is 2. The molecule has 0 radical (unpaired) electrons. The van der Waals surface area contributed by atoms with Crippen molar-refractivity contribution in [3.8, 4) is 0 Å². The summed E-state index contributed by atoms with van der Waals surface area (Å²) in [6, 6.07) is 2.23. The molecule has 4 nitrogen and oxygen atoms in total. The molecule has 1 aromatic heterocycles. The molecule has 0 saturated heterocycles. The topological polar surface area (TPSA) is 39.1 Å². The zero-order valence-electron chi connectivity index (χ0n) is 11.7. The van der Waals surface area contributed by atoms with Crippen LogP contribution in [-0.4, -0.2) is 29.0 Å². The summed E-state index contributed by atoms with van der Waals surface area (Å²) in [5.41, 5.74) is 1.02. The molecule has 1 atom stereocenters. The molecular weight excluding hydrogens is 214 g/mol. The maximum absolute atomic E-state index is 6.06. The van der Waals surface area contributed by atoms with Gasteiger partial charge in [0.2, 0.25) is 0 Å². The third-order valence-corrected chi connectivity index (χ3v) is 3.60. The Morgan fingerprint density at radius 2 is 2.06 bits per heavy atom. The molecule has 0 aliphatic carbocycles. The third-order valence-electron chi connectivity index (χ3n) is 3.60. The molecule has 0 fully saturated rings. The van der Waals surface area contributed by atoms with E-state index in [0.29, 0.717) is 0 Å². The van der Waals surface area contributed by atoms with Gasteiger partial charge in [-0.25, -0.2) is 0 Å². The van der Waals surface area contributed by atoms with Crippen LogP contribution in [0.4, 0.5) is 0 Å². The van der Waals surface area contributed by atoms with Gasteiger partial charge in [0.25, 0.3) is 0 Å². The number of nitrogens with one attached hydrogen (secondary N) is 1. The molecule has 17 heavy (non-hydrogen) atoms. The molecule has 1 rings (SSSR count). The molecule has 0 aromatic carbocycles. The van der Waals surface area contributed by atoms with Gasteiger partial charge in [0, 0.05) is 19.9 Å². The normalized spacial score (nSPS) is 13.9. The largest absolute Gasteiger partial charge is 0.373 e. The number of aryl methyl sites for hydroxylation is 1. The Bertz CT molecular complexity index is 331. The van der Waals surface area contributed by atoms with E-state index in [1.165, 1.54) is 5.69 Å². The molecule has 0 spiro atoms. The number of rotatable bonds is 7. The fourth-order valence-electron chi connectivity index (χ4n) is 2.58. The quantitative estimate of drug-likeness (QED) is 0.793. The third kappa shape index (κ3) is 2.69. The van der Waals surface area contributed by atoms with Gasteiger partial charge < -0.3 is 10.1 Å². The Morgan fingerprint density at radius 3 is 2.41 bits per heavy atom. The number of hydrogen-bond acceptors (Lipinski definition) is 3. The summed E-state index contributed by atoms with van der Waals surface area (Å²) in [6.07, 6.45) is 3.80. The molecule has 1 aromatic rings. The van der Waals surface area contributed by atoms with Crippen LogP contribution in [0.15, 0.2) is 12.3 Å². The van der Waals surface area contributed by atoms with Crippen molar-refractivity contribution < 1.29 is 4.74 Å². The van der Waals surface area contributed by atoms with Crippen molar-refractivity contribution in [2.45, 2.75) is 45.3 Å². The van der Waals surface area contributed by atoms with Crippen molar-refractivity contribution in [3.05, 3.63) is 18.0 Å². The number of likely N-dealkylation sites (N-methyl/N-ethyl adjacent to an activating group) is 1. The minimum absolute atomic E-state index is 0.155. The minimum atomic E-state index is -0.155. The van der Waals surface area contributed by atoms with Crippen molar-refractivity contribution in [2.75, 3.05) is 13.7 Å². The van der Waals surface area contributed by atoms with Crippen molar-refractivity contribution in [3.63, 3.8) is 0 Å². The summed E-state index contributed by atoms with van der Waals surface area (Å²) < 4.78 is 7.97. The van der Waals surface area contributed by atoms with E-state index in [2.05, 4.69) is 37.3 Å². The maximum Gasteiger partial charge on any atom is 0.0886 e. The Morgan fingerprint density at radius 1 is 1.41 bits per heavy atom. The van der Waals surface area contributed by atoms with E-state index < -0.39 is 0 Å². The van der Waals surface area contributed by atoms with Gasteiger partial charge in [-0.2, -0.15) is 5.10 Å². The van der Waals surface area contributed by atoms with E-state index in [9.17, 15) is 0 Å². The van der Waals surface area contributed by atoms with Crippen LogP contribution in [0.25, 0.3) is 0 Å². The van der Waals surface area contributed by atoms with Crippen LogP contribution in [0, 0.1) is 0 Å². The first kappa shape index (κ1) is 14.2. The highest BCUT2D eigenvalue weighted by atomic mass is 16.5. The first-order valence-electron chi connectivity index (χ1n) is 6.44. The van der Waals surface area contributed by atoms with Crippen LogP contribution in [0.5, 0.6) is 0 Å². The van der Waals surface area contributed by atoms with Crippen molar-refractivity contribution in [2.24, 2.45) is 7.05 Å². The smallest absolute Gasteiger partial charge is 0.0886 e. The number of ether oxygens (including phenoxy) is 1. The predicted octanol–water partition coefficient (Wildman–Crippen LogP) is 2.28. The molecule has 0 aliphatic heterocycles. The second-order valence-corrected chi connectivity index (χ2v) is 4.31. The number of hydrogen-bond donors (Lipinski definition) is 1. The molecule has 1 unspecified atom stereocenters. The highest BCUT2D eigenvalue weighted by Gasteiger charge is 2.38. The van der Waals surface area contributed by atoms with Crippen LogP contribution in [0.3, 0.4) is 0 Å². The van der Waals surface area contributed by atoms with E-state index >= 15 is 0 Å². The van der Waals surface area contributed by atoms with Gasteiger partial charge in [-0.3, -0.25) is 4.68 Å². The Kier molecular flexibility index (Phi) is 5.15. The first-order valence-corrected chi connectivity index (χ1v) is 6.44. The van der Waals surface area contributed by atoms with E-state index in [1.54, 1.807) is 0 Å². The van der Waals surface area contributed by atoms with Crippen molar-refractivity contribution in [1.29, 1.82) is 0 Å². The molecule has 0 aliphatic rings. The highest BCUT2D eigenvalue weighted by molar-refractivity contribution is 5.13. The van der Waals surface area contributed by atoms with Crippen LogP contribution >= 0.6 is 0 Å². The van der Waals surface area contributed by atoms with Gasteiger partial charge in [0.15, 0.2) is 0 Å². The Labute approximate surface area is 104 Å². The zero-order valence-corrected chi connectivity index (χ0v) is 11.7. The Hall–Kier alpha value is -0.870. The summed E-state index contributed by atoms with van der Waals surface area (Å²) in [7, 11) is 3.96. The second kappa shape index (κ2) is 6.17. The summed E-state index contributed by atoms with van der Waals surface area (Å²) in [5.74, 6) is 0. The van der Waals surface area contributed by atoms with Gasteiger partial charge in [-0.15, -0.1) is 0 Å². The monoisotopic (exact) mass is 239 g/mol. The molecule has 0 saturated carbocycles. The van der Waals surface area contributed by atoms with Crippen LogP contribution < -0.4 is 5.32 Å². The molecule has 1 heterocycles. The first-order chi connectivity index (χ1) is 8.15. The molecule has 0 amide bonds. The zero-order chi connectivity index (χ0) is 12.9. The fourth-order valence-corrected chi connectivity index (χ4v) is 2.58. The predicted molar refractivity (Wildman–Crippen MR) is 69.9 cm³/mol. The standard InChI is InChI=1S/C13H25N3O/c1-6-13(7-2,17-8-3)12(14-4)11-9-10-15-16(11)5/h9-10,12,14H,6-8H2,1-5H3. The van der Waals surface area contributed by atoms with Crippen LogP contribution in [0.2, 0.25) is 0 Å². The van der Waals surface area contributed by atoms with Crippen LogP contribution in [-0.2, 0) is 11.8 Å². The molecule has 98 valence electrons. The highest BCUT2D eigenvalue weighted by Crippen LogP contribution is 2.34. The SMILES string of the molecule is CCOC(CC)(CC)C(NC)c1ccnn1C. The minimum Gasteiger partial charge on any atom is -0.373 e. The lowest BCUT2D eigenvalue weighted by atomic mass is 9.86. The lowest BCUT2D eigenvalue weighted by molar-refractivity contribution is -0.0734. The Balaban J connectivity index is 3.09. The maximum atomic E-state index is 6.06. The average Bonchev–Trinajstić information content (AvgIpc) is 2.75. The van der Waals surface area contributed by atoms with Gasteiger partial charge in [-0.1, -0.05) is 13.8 Å². The van der Waals surface area contributed by atoms with E-state index in [4.69, 9.17) is 4.74 Å². The summed E-state index contributed by atoms with van der Waals surface area (Å²) >= 11 is 0. The fraction of sp³-hybridized carbons (Fsp3) is 0.769. The van der Waals surface area contributed by atoms with Gasteiger partial charge in [-0.05, 0) is 32.9 Å². The second-order valence-electron chi connectivity index (χ2n) is 4.31. The number of nitrogens with zero attached hydrogens (tertiary/aromatic N) is 2. The molecule has 4 heteroatoms. The molecule has 0 bridgehead atoms. The van der Waals surface area contributed by atoms with Gasteiger partial charge in [0.1, 0.15) is 0 Å².